The Hall–Kier alpha value is -0.170. The van der Waals surface area contributed by atoms with Crippen molar-refractivity contribution >= 4 is 10.2 Å². The molecule has 6 heteroatoms. The van der Waals surface area contributed by atoms with Gasteiger partial charge in [-0.3, -0.25) is 0 Å². The Labute approximate surface area is 104 Å². The van der Waals surface area contributed by atoms with Gasteiger partial charge < -0.3 is 5.11 Å². The summed E-state index contributed by atoms with van der Waals surface area (Å²) in [7, 11) is -1.82. The Bertz CT molecular complexity index is 313. The first-order valence-corrected chi connectivity index (χ1v) is 7.82. The van der Waals surface area contributed by atoms with Crippen LogP contribution in [0.15, 0.2) is 0 Å². The molecule has 0 aromatic carbocycles. The zero-order valence-corrected chi connectivity index (χ0v) is 11.5. The summed E-state index contributed by atoms with van der Waals surface area (Å²) in [6, 6.07) is 0.111. The number of hydrogen-bond acceptors (Lipinski definition) is 3. The molecule has 0 saturated heterocycles. The lowest BCUT2D eigenvalue weighted by atomic mass is 9.96. The van der Waals surface area contributed by atoms with E-state index in [1.165, 1.54) is 10.7 Å². The van der Waals surface area contributed by atoms with Crippen molar-refractivity contribution in [3.05, 3.63) is 0 Å². The average molecular weight is 264 g/mol. The van der Waals surface area contributed by atoms with E-state index in [0.717, 1.165) is 25.7 Å². The molecule has 5 nitrogen and oxygen atoms in total. The summed E-state index contributed by atoms with van der Waals surface area (Å²) < 4.78 is 27.8. The topological polar surface area (TPSA) is 69.6 Å². The minimum atomic E-state index is -3.44. The third-order valence-corrected chi connectivity index (χ3v) is 5.03. The molecule has 1 unspecified atom stereocenters. The average Bonchev–Trinajstić information content (AvgIpc) is 2.36. The smallest absolute Gasteiger partial charge is 0.279 e. The van der Waals surface area contributed by atoms with E-state index in [4.69, 9.17) is 0 Å². The maximum atomic E-state index is 12.0. The monoisotopic (exact) mass is 264 g/mol. The highest BCUT2D eigenvalue weighted by Gasteiger charge is 2.27. The van der Waals surface area contributed by atoms with Crippen LogP contribution in [0.5, 0.6) is 0 Å². The van der Waals surface area contributed by atoms with Crippen LogP contribution in [0.1, 0.15) is 45.4 Å². The van der Waals surface area contributed by atoms with Crippen molar-refractivity contribution in [1.82, 2.24) is 9.03 Å². The molecule has 102 valence electrons. The molecule has 0 radical (unpaired) electrons. The summed E-state index contributed by atoms with van der Waals surface area (Å²) >= 11 is 0. The number of rotatable bonds is 6. The van der Waals surface area contributed by atoms with Crippen LogP contribution in [0.4, 0.5) is 0 Å². The molecule has 1 rings (SSSR count). The van der Waals surface area contributed by atoms with Gasteiger partial charge in [0.2, 0.25) is 0 Å². The van der Waals surface area contributed by atoms with Gasteiger partial charge in [-0.1, -0.05) is 26.2 Å². The molecule has 0 amide bonds. The highest BCUT2D eigenvalue weighted by atomic mass is 32.2. The maximum Gasteiger partial charge on any atom is 0.279 e. The van der Waals surface area contributed by atoms with Crippen LogP contribution in [0.3, 0.4) is 0 Å². The molecule has 0 spiro atoms. The summed E-state index contributed by atoms with van der Waals surface area (Å²) in [5.41, 5.74) is 0. The van der Waals surface area contributed by atoms with Gasteiger partial charge in [-0.25, -0.2) is 0 Å². The fourth-order valence-corrected chi connectivity index (χ4v) is 3.30. The van der Waals surface area contributed by atoms with Gasteiger partial charge in [-0.05, 0) is 19.3 Å². The summed E-state index contributed by atoms with van der Waals surface area (Å²) in [5, 5.41) is 9.37. The van der Waals surface area contributed by atoms with Gasteiger partial charge in [-0.2, -0.15) is 17.4 Å². The second-order valence-corrected chi connectivity index (χ2v) is 6.54. The van der Waals surface area contributed by atoms with Crippen molar-refractivity contribution in [3.8, 4) is 0 Å². The number of hydrogen-bond donors (Lipinski definition) is 2. The predicted octanol–water partition coefficient (Wildman–Crippen LogP) is 0.856. The second-order valence-electron chi connectivity index (χ2n) is 4.72. The molecule has 1 atom stereocenters. The Balaban J connectivity index is 2.50. The lowest BCUT2D eigenvalue weighted by Crippen LogP contribution is -2.46. The lowest BCUT2D eigenvalue weighted by Gasteiger charge is -2.30. The van der Waals surface area contributed by atoms with Crippen molar-refractivity contribution in [3.63, 3.8) is 0 Å². The summed E-state index contributed by atoms with van der Waals surface area (Å²) in [6.45, 7) is 1.92. The Morgan fingerprint density at radius 2 is 1.94 bits per heavy atom. The van der Waals surface area contributed by atoms with Gasteiger partial charge in [0, 0.05) is 19.6 Å². The van der Waals surface area contributed by atoms with Crippen LogP contribution >= 0.6 is 0 Å². The van der Waals surface area contributed by atoms with Crippen molar-refractivity contribution < 1.29 is 13.5 Å². The zero-order valence-electron chi connectivity index (χ0n) is 10.7. The maximum absolute atomic E-state index is 12.0. The number of aliphatic hydroxyl groups excluding tert-OH is 1. The molecule has 0 heterocycles. The summed E-state index contributed by atoms with van der Waals surface area (Å²) in [5.74, 6) is 0. The SMILES string of the molecule is CCC(O)CNS(=O)(=O)N(C)C1CCCCC1. The van der Waals surface area contributed by atoms with E-state index in [9.17, 15) is 13.5 Å². The van der Waals surface area contributed by atoms with Gasteiger partial charge in [0.05, 0.1) is 6.10 Å². The largest absolute Gasteiger partial charge is 0.392 e. The Morgan fingerprint density at radius 1 is 1.35 bits per heavy atom. The minimum Gasteiger partial charge on any atom is -0.392 e. The number of nitrogens with one attached hydrogen (secondary N) is 1. The third kappa shape index (κ3) is 4.54. The highest BCUT2D eigenvalue weighted by Crippen LogP contribution is 2.22. The lowest BCUT2D eigenvalue weighted by molar-refractivity contribution is 0.173. The molecule has 0 aromatic rings. The van der Waals surface area contributed by atoms with Gasteiger partial charge in [-0.15, -0.1) is 0 Å². The number of aliphatic hydroxyl groups is 1. The molecule has 0 bridgehead atoms. The van der Waals surface area contributed by atoms with Crippen LogP contribution in [0, 0.1) is 0 Å². The highest BCUT2D eigenvalue weighted by molar-refractivity contribution is 7.87. The van der Waals surface area contributed by atoms with E-state index in [2.05, 4.69) is 4.72 Å². The quantitative estimate of drug-likeness (QED) is 0.747. The molecule has 0 aliphatic heterocycles. The van der Waals surface area contributed by atoms with Gasteiger partial charge >= 0.3 is 0 Å². The Morgan fingerprint density at radius 3 is 2.47 bits per heavy atom. The summed E-state index contributed by atoms with van der Waals surface area (Å²) in [6.07, 6.45) is 5.22. The first-order valence-electron chi connectivity index (χ1n) is 6.38. The standard InChI is InChI=1S/C11H24N2O3S/c1-3-11(14)9-12-17(15,16)13(2)10-7-5-4-6-8-10/h10-12,14H,3-9H2,1-2H3. The minimum absolute atomic E-state index is 0.0931. The molecule has 1 aliphatic carbocycles. The summed E-state index contributed by atoms with van der Waals surface area (Å²) in [4.78, 5) is 0. The molecule has 17 heavy (non-hydrogen) atoms. The molecular weight excluding hydrogens is 240 g/mol. The van der Waals surface area contributed by atoms with Crippen molar-refractivity contribution in [2.75, 3.05) is 13.6 Å². The first kappa shape index (κ1) is 14.9. The zero-order chi connectivity index (χ0) is 12.9. The van der Waals surface area contributed by atoms with Crippen LogP contribution in [-0.2, 0) is 10.2 Å². The van der Waals surface area contributed by atoms with E-state index >= 15 is 0 Å². The van der Waals surface area contributed by atoms with Gasteiger partial charge in [0.15, 0.2) is 0 Å². The molecule has 1 fully saturated rings. The molecule has 0 aromatic heterocycles. The fourth-order valence-electron chi connectivity index (χ4n) is 2.09. The van der Waals surface area contributed by atoms with Crippen LogP contribution < -0.4 is 4.72 Å². The van der Waals surface area contributed by atoms with Crippen molar-refractivity contribution in [1.29, 1.82) is 0 Å². The second kappa shape index (κ2) is 6.68. The van der Waals surface area contributed by atoms with Crippen LogP contribution in [0.25, 0.3) is 0 Å². The molecule has 1 saturated carbocycles. The van der Waals surface area contributed by atoms with E-state index in [-0.39, 0.29) is 12.6 Å². The van der Waals surface area contributed by atoms with Crippen molar-refractivity contribution in [2.24, 2.45) is 0 Å². The van der Waals surface area contributed by atoms with Gasteiger partial charge in [0.25, 0.3) is 10.2 Å². The van der Waals surface area contributed by atoms with E-state index in [1.807, 2.05) is 6.92 Å². The van der Waals surface area contributed by atoms with E-state index < -0.39 is 16.3 Å². The van der Waals surface area contributed by atoms with Crippen LogP contribution in [-0.4, -0.2) is 43.6 Å². The Kier molecular flexibility index (Phi) is 5.85. The normalized spacial score (nSPS) is 20.7. The molecule has 1 aliphatic rings. The van der Waals surface area contributed by atoms with Crippen molar-refractivity contribution in [2.45, 2.75) is 57.6 Å². The van der Waals surface area contributed by atoms with E-state index in [0.29, 0.717) is 6.42 Å². The van der Waals surface area contributed by atoms with Crippen LogP contribution in [0.2, 0.25) is 0 Å². The third-order valence-electron chi connectivity index (χ3n) is 3.44. The van der Waals surface area contributed by atoms with Gasteiger partial charge in [0.1, 0.15) is 0 Å². The van der Waals surface area contributed by atoms with E-state index in [1.54, 1.807) is 7.05 Å². The molecular formula is C11H24N2O3S. The fraction of sp³-hybridized carbons (Fsp3) is 1.00. The predicted molar refractivity (Wildman–Crippen MR) is 67.9 cm³/mol. The first-order chi connectivity index (χ1) is 7.97. The number of nitrogens with zero attached hydrogens (tertiary/aromatic N) is 1. The molecule has 2 N–H and O–H groups in total.